The van der Waals surface area contributed by atoms with Gasteiger partial charge in [0.1, 0.15) is 0 Å². The molecule has 0 unspecified atom stereocenters. The van der Waals surface area contributed by atoms with Crippen LogP contribution in [0.2, 0.25) is 0 Å². The van der Waals surface area contributed by atoms with Crippen molar-refractivity contribution in [3.8, 4) is 0 Å². The molecule has 100 valence electrons. The highest BCUT2D eigenvalue weighted by atomic mass is 14.3. The van der Waals surface area contributed by atoms with Crippen molar-refractivity contribution in [2.24, 2.45) is 0 Å². The summed E-state index contributed by atoms with van der Waals surface area (Å²) in [7, 11) is 0. The molecule has 0 radical (unpaired) electrons. The standard InChI is InChI=1S/C20H20/c1-3-18-19(16-10-6-4-7-11-16)14-15(2)20(18)17-12-8-5-9-13-17/h4-13H,3,14H2,1-2H3. The molecule has 3 rings (SSSR count). The lowest BCUT2D eigenvalue weighted by Gasteiger charge is -2.11. The molecule has 0 N–H and O–H groups in total. The second-order valence-electron chi connectivity index (χ2n) is 5.37. The molecule has 0 nitrogen and oxygen atoms in total. The monoisotopic (exact) mass is 260 g/mol. The first kappa shape index (κ1) is 12.9. The Labute approximate surface area is 121 Å². The highest BCUT2D eigenvalue weighted by Gasteiger charge is 2.22. The fourth-order valence-corrected chi connectivity index (χ4v) is 3.20. The summed E-state index contributed by atoms with van der Waals surface area (Å²) in [5.74, 6) is 0. The summed E-state index contributed by atoms with van der Waals surface area (Å²) in [5.41, 5.74) is 8.70. The van der Waals surface area contributed by atoms with Gasteiger partial charge in [-0.1, -0.05) is 73.2 Å². The fraction of sp³-hybridized carbons (Fsp3) is 0.200. The van der Waals surface area contributed by atoms with Gasteiger partial charge in [-0.15, -0.1) is 0 Å². The second kappa shape index (κ2) is 5.50. The van der Waals surface area contributed by atoms with Crippen molar-refractivity contribution in [1.82, 2.24) is 0 Å². The zero-order valence-electron chi connectivity index (χ0n) is 12.2. The molecule has 0 spiro atoms. The molecule has 0 saturated carbocycles. The lowest BCUT2D eigenvalue weighted by Crippen LogP contribution is -1.89. The largest absolute Gasteiger partial charge is 0.0622 e. The van der Waals surface area contributed by atoms with Crippen LogP contribution in [0.5, 0.6) is 0 Å². The Kier molecular flexibility index (Phi) is 3.56. The molecule has 0 atom stereocenters. The van der Waals surface area contributed by atoms with Gasteiger partial charge < -0.3 is 0 Å². The number of allylic oxidation sites excluding steroid dienone is 4. The van der Waals surface area contributed by atoms with Gasteiger partial charge in [-0.25, -0.2) is 0 Å². The van der Waals surface area contributed by atoms with Gasteiger partial charge in [0.05, 0.1) is 0 Å². The van der Waals surface area contributed by atoms with E-state index in [-0.39, 0.29) is 0 Å². The molecule has 0 amide bonds. The minimum atomic E-state index is 1.08. The van der Waals surface area contributed by atoms with Crippen molar-refractivity contribution in [2.45, 2.75) is 26.7 Å². The maximum atomic E-state index is 2.27. The van der Waals surface area contributed by atoms with Gasteiger partial charge in [-0.3, -0.25) is 0 Å². The van der Waals surface area contributed by atoms with Crippen LogP contribution < -0.4 is 0 Å². The third kappa shape index (κ3) is 2.22. The van der Waals surface area contributed by atoms with E-state index in [1.165, 1.54) is 33.4 Å². The van der Waals surface area contributed by atoms with E-state index in [1.807, 2.05) is 0 Å². The summed E-state index contributed by atoms with van der Waals surface area (Å²) in [4.78, 5) is 0. The Morgan fingerprint density at radius 1 is 0.800 bits per heavy atom. The number of hydrogen-bond donors (Lipinski definition) is 0. The average molecular weight is 260 g/mol. The Hall–Kier alpha value is -2.08. The summed E-state index contributed by atoms with van der Waals surface area (Å²) in [6, 6.07) is 21.6. The van der Waals surface area contributed by atoms with Gasteiger partial charge in [0.25, 0.3) is 0 Å². The lowest BCUT2D eigenvalue weighted by molar-refractivity contribution is 1.16. The first-order chi connectivity index (χ1) is 9.81. The van der Waals surface area contributed by atoms with E-state index in [4.69, 9.17) is 0 Å². The topological polar surface area (TPSA) is 0 Å². The molecule has 0 bridgehead atoms. The number of hydrogen-bond acceptors (Lipinski definition) is 0. The van der Waals surface area contributed by atoms with Crippen LogP contribution >= 0.6 is 0 Å². The Morgan fingerprint density at radius 3 is 1.90 bits per heavy atom. The maximum absolute atomic E-state index is 2.27. The van der Waals surface area contributed by atoms with Crippen LogP contribution in [0.3, 0.4) is 0 Å². The third-order valence-corrected chi connectivity index (χ3v) is 4.07. The van der Waals surface area contributed by atoms with Crippen molar-refractivity contribution >= 4 is 11.1 Å². The van der Waals surface area contributed by atoms with Gasteiger partial charge in [0.2, 0.25) is 0 Å². The van der Waals surface area contributed by atoms with E-state index in [9.17, 15) is 0 Å². The van der Waals surface area contributed by atoms with Crippen LogP contribution in [0.1, 0.15) is 37.8 Å². The van der Waals surface area contributed by atoms with E-state index < -0.39 is 0 Å². The zero-order chi connectivity index (χ0) is 13.9. The van der Waals surface area contributed by atoms with Crippen LogP contribution in [0.25, 0.3) is 11.1 Å². The normalized spacial score (nSPS) is 15.1. The Morgan fingerprint density at radius 2 is 1.35 bits per heavy atom. The minimum absolute atomic E-state index is 1.08. The summed E-state index contributed by atoms with van der Waals surface area (Å²) < 4.78 is 0. The molecule has 0 aromatic heterocycles. The summed E-state index contributed by atoms with van der Waals surface area (Å²) in [6.45, 7) is 4.54. The average Bonchev–Trinajstić information content (AvgIpc) is 2.85. The molecular formula is C20H20. The summed E-state index contributed by atoms with van der Waals surface area (Å²) in [5, 5.41) is 0. The van der Waals surface area contributed by atoms with Crippen LogP contribution in [-0.2, 0) is 0 Å². The Balaban J connectivity index is 2.11. The number of benzene rings is 2. The molecule has 2 aromatic rings. The van der Waals surface area contributed by atoms with E-state index >= 15 is 0 Å². The minimum Gasteiger partial charge on any atom is -0.0622 e. The van der Waals surface area contributed by atoms with Gasteiger partial charge >= 0.3 is 0 Å². The smallest absolute Gasteiger partial charge is 0.00517 e. The molecule has 0 fully saturated rings. The molecule has 0 aliphatic heterocycles. The molecule has 0 heteroatoms. The zero-order valence-corrected chi connectivity index (χ0v) is 12.2. The van der Waals surface area contributed by atoms with Crippen molar-refractivity contribution < 1.29 is 0 Å². The van der Waals surface area contributed by atoms with Crippen molar-refractivity contribution in [3.05, 3.63) is 82.9 Å². The lowest BCUT2D eigenvalue weighted by atomic mass is 9.94. The van der Waals surface area contributed by atoms with E-state index in [2.05, 4.69) is 74.5 Å². The highest BCUT2D eigenvalue weighted by Crippen LogP contribution is 2.44. The van der Waals surface area contributed by atoms with Crippen molar-refractivity contribution in [2.75, 3.05) is 0 Å². The van der Waals surface area contributed by atoms with Gasteiger partial charge in [0.15, 0.2) is 0 Å². The fourth-order valence-electron chi connectivity index (χ4n) is 3.20. The van der Waals surface area contributed by atoms with Gasteiger partial charge in [-0.05, 0) is 47.6 Å². The second-order valence-corrected chi connectivity index (χ2v) is 5.37. The quantitative estimate of drug-likeness (QED) is 0.661. The van der Waals surface area contributed by atoms with Crippen LogP contribution in [0.15, 0.2) is 71.8 Å². The molecule has 0 saturated heterocycles. The molecule has 0 heterocycles. The van der Waals surface area contributed by atoms with Crippen LogP contribution in [0, 0.1) is 0 Å². The van der Waals surface area contributed by atoms with Crippen molar-refractivity contribution in [3.63, 3.8) is 0 Å². The molecule has 20 heavy (non-hydrogen) atoms. The predicted molar refractivity (Wildman–Crippen MR) is 87.3 cm³/mol. The van der Waals surface area contributed by atoms with Gasteiger partial charge in [0, 0.05) is 0 Å². The number of rotatable bonds is 3. The Bertz CT molecular complexity index is 658. The summed E-state index contributed by atoms with van der Waals surface area (Å²) in [6.07, 6.45) is 2.17. The van der Waals surface area contributed by atoms with Gasteiger partial charge in [-0.2, -0.15) is 0 Å². The summed E-state index contributed by atoms with van der Waals surface area (Å²) >= 11 is 0. The van der Waals surface area contributed by atoms with Crippen LogP contribution in [0.4, 0.5) is 0 Å². The molecule has 2 aromatic carbocycles. The molecular weight excluding hydrogens is 240 g/mol. The van der Waals surface area contributed by atoms with Crippen molar-refractivity contribution in [1.29, 1.82) is 0 Å². The molecule has 1 aliphatic carbocycles. The highest BCUT2D eigenvalue weighted by molar-refractivity contribution is 5.96. The first-order valence-electron chi connectivity index (χ1n) is 7.34. The predicted octanol–water partition coefficient (Wildman–Crippen LogP) is 5.73. The van der Waals surface area contributed by atoms with E-state index in [0.717, 1.165) is 12.8 Å². The van der Waals surface area contributed by atoms with E-state index in [0.29, 0.717) is 0 Å². The third-order valence-electron chi connectivity index (χ3n) is 4.07. The SMILES string of the molecule is CCC1=C(c2ccccc2)CC(C)=C1c1ccccc1. The maximum Gasteiger partial charge on any atom is -0.00517 e. The molecule has 1 aliphatic rings. The van der Waals surface area contributed by atoms with E-state index in [1.54, 1.807) is 0 Å². The van der Waals surface area contributed by atoms with Crippen LogP contribution in [-0.4, -0.2) is 0 Å². The first-order valence-corrected chi connectivity index (χ1v) is 7.34.